The van der Waals surface area contributed by atoms with Crippen LogP contribution in [0.25, 0.3) is 0 Å². The fourth-order valence-corrected chi connectivity index (χ4v) is 4.85. The van der Waals surface area contributed by atoms with Crippen LogP contribution in [-0.4, -0.2) is 27.7 Å². The molecule has 186 valence electrons. The summed E-state index contributed by atoms with van der Waals surface area (Å²) in [6.07, 6.45) is 1.95. The highest BCUT2D eigenvalue weighted by molar-refractivity contribution is 7.92. The van der Waals surface area contributed by atoms with Crippen LogP contribution in [0.5, 0.6) is 5.75 Å². The number of nitrogens with one attached hydrogen (secondary N) is 1. The van der Waals surface area contributed by atoms with E-state index < -0.39 is 10.0 Å². The van der Waals surface area contributed by atoms with Crippen LogP contribution in [0.4, 0.5) is 5.69 Å². The molecule has 35 heavy (non-hydrogen) atoms. The number of benzene rings is 3. The number of rotatable bonds is 10. The number of carbonyl (C=O) groups is 1. The zero-order valence-electron chi connectivity index (χ0n) is 20.4. The van der Waals surface area contributed by atoms with Crippen LogP contribution in [0.1, 0.15) is 47.8 Å². The van der Waals surface area contributed by atoms with E-state index in [4.69, 9.17) is 16.3 Å². The summed E-state index contributed by atoms with van der Waals surface area (Å²) in [4.78, 5) is 13.0. The fraction of sp³-hybridized carbons (Fsp3) is 0.296. The molecule has 0 aliphatic rings. The summed E-state index contributed by atoms with van der Waals surface area (Å²) in [5, 5.41) is 3.59. The fourth-order valence-electron chi connectivity index (χ4n) is 3.79. The highest BCUT2D eigenvalue weighted by Crippen LogP contribution is 2.26. The van der Waals surface area contributed by atoms with Crippen molar-refractivity contribution >= 4 is 33.2 Å². The maximum Gasteiger partial charge on any atom is 0.251 e. The maximum atomic E-state index is 13.0. The van der Waals surface area contributed by atoms with Crippen LogP contribution in [0.15, 0.2) is 72.8 Å². The van der Waals surface area contributed by atoms with E-state index in [-0.39, 0.29) is 18.5 Å². The largest absolute Gasteiger partial charge is 0.497 e. The molecule has 3 aromatic rings. The zero-order chi connectivity index (χ0) is 25.6. The van der Waals surface area contributed by atoms with Crippen molar-refractivity contribution in [1.82, 2.24) is 5.32 Å². The molecule has 1 atom stereocenters. The molecule has 0 heterocycles. The van der Waals surface area contributed by atoms with Gasteiger partial charge in [-0.3, -0.25) is 9.10 Å². The van der Waals surface area contributed by atoms with Gasteiger partial charge in [0.1, 0.15) is 5.75 Å². The molecule has 0 spiro atoms. The van der Waals surface area contributed by atoms with Crippen molar-refractivity contribution in [2.75, 3.05) is 17.7 Å². The van der Waals surface area contributed by atoms with E-state index in [0.717, 1.165) is 29.6 Å². The van der Waals surface area contributed by atoms with Gasteiger partial charge in [-0.25, -0.2) is 8.42 Å². The quantitative estimate of drug-likeness (QED) is 0.369. The van der Waals surface area contributed by atoms with E-state index in [0.29, 0.717) is 22.2 Å². The van der Waals surface area contributed by atoms with Gasteiger partial charge in [-0.05, 0) is 65.9 Å². The second-order valence-corrected chi connectivity index (χ2v) is 11.2. The number of nitrogens with zero attached hydrogens (tertiary/aromatic N) is 1. The van der Waals surface area contributed by atoms with Gasteiger partial charge >= 0.3 is 0 Å². The monoisotopic (exact) mass is 514 g/mol. The molecule has 0 saturated heterocycles. The third-order valence-corrected chi connectivity index (χ3v) is 6.95. The number of hydrogen-bond donors (Lipinski definition) is 1. The second-order valence-electron chi connectivity index (χ2n) is 8.88. The van der Waals surface area contributed by atoms with Gasteiger partial charge in [0.05, 0.1) is 31.6 Å². The third-order valence-electron chi connectivity index (χ3n) is 5.57. The Kier molecular flexibility index (Phi) is 8.81. The van der Waals surface area contributed by atoms with Gasteiger partial charge in [-0.1, -0.05) is 55.8 Å². The lowest BCUT2D eigenvalue weighted by molar-refractivity contribution is 0.0932. The van der Waals surface area contributed by atoms with Crippen molar-refractivity contribution in [3.8, 4) is 5.75 Å². The van der Waals surface area contributed by atoms with E-state index in [1.165, 1.54) is 4.31 Å². The average Bonchev–Trinajstić information content (AvgIpc) is 2.81. The molecule has 0 bridgehead atoms. The standard InChI is InChI=1S/C27H31ClN2O4S/c1-19(2)16-26(21-12-14-25(34-3)15-13-21)29-27(31)22-10-8-20(9-11-22)18-30(35(4,32)33)24-7-5-6-23(28)17-24/h5-15,17,19,26H,16,18H2,1-4H3,(H,29,31)/t26-/m0/s1. The van der Waals surface area contributed by atoms with Crippen molar-refractivity contribution < 1.29 is 17.9 Å². The van der Waals surface area contributed by atoms with Crippen molar-refractivity contribution in [1.29, 1.82) is 0 Å². The average molecular weight is 515 g/mol. The lowest BCUT2D eigenvalue weighted by Crippen LogP contribution is -2.30. The predicted molar refractivity (Wildman–Crippen MR) is 142 cm³/mol. The van der Waals surface area contributed by atoms with E-state index in [1.807, 2.05) is 24.3 Å². The number of methoxy groups -OCH3 is 1. The van der Waals surface area contributed by atoms with Gasteiger partial charge in [0.15, 0.2) is 0 Å². The Balaban J connectivity index is 1.76. The second kappa shape index (κ2) is 11.6. The van der Waals surface area contributed by atoms with Gasteiger partial charge in [0.25, 0.3) is 5.91 Å². The zero-order valence-corrected chi connectivity index (χ0v) is 21.9. The Morgan fingerprint density at radius 1 is 1.03 bits per heavy atom. The molecular weight excluding hydrogens is 484 g/mol. The number of hydrogen-bond acceptors (Lipinski definition) is 4. The number of ether oxygens (including phenoxy) is 1. The van der Waals surface area contributed by atoms with Gasteiger partial charge in [0.2, 0.25) is 10.0 Å². The van der Waals surface area contributed by atoms with E-state index in [1.54, 1.807) is 55.6 Å². The van der Waals surface area contributed by atoms with Crippen LogP contribution in [0.2, 0.25) is 5.02 Å². The third kappa shape index (κ3) is 7.47. The number of sulfonamides is 1. The summed E-state index contributed by atoms with van der Waals surface area (Å²) in [6.45, 7) is 4.36. The van der Waals surface area contributed by atoms with E-state index >= 15 is 0 Å². The van der Waals surface area contributed by atoms with Gasteiger partial charge in [-0.15, -0.1) is 0 Å². The SMILES string of the molecule is COc1ccc([C@H](CC(C)C)NC(=O)c2ccc(CN(c3cccc(Cl)c3)S(C)(=O)=O)cc2)cc1. The first-order valence-electron chi connectivity index (χ1n) is 11.3. The molecule has 1 amide bonds. The van der Waals surface area contributed by atoms with Crippen molar-refractivity contribution in [2.24, 2.45) is 5.92 Å². The van der Waals surface area contributed by atoms with E-state index in [9.17, 15) is 13.2 Å². The smallest absolute Gasteiger partial charge is 0.251 e. The molecule has 0 aromatic heterocycles. The molecule has 6 nitrogen and oxygen atoms in total. The Hall–Kier alpha value is -3.03. The molecule has 0 fully saturated rings. The Bertz CT molecular complexity index is 1240. The molecule has 0 aliphatic heterocycles. The minimum Gasteiger partial charge on any atom is -0.497 e. The normalized spacial score (nSPS) is 12.3. The number of anilines is 1. The number of halogens is 1. The highest BCUT2D eigenvalue weighted by atomic mass is 35.5. The molecule has 3 rings (SSSR count). The van der Waals surface area contributed by atoms with Crippen LogP contribution in [0.3, 0.4) is 0 Å². The molecule has 1 N–H and O–H groups in total. The van der Waals surface area contributed by atoms with Crippen molar-refractivity contribution in [3.63, 3.8) is 0 Å². The molecular formula is C27H31ClN2O4S. The molecule has 0 aliphatic carbocycles. The highest BCUT2D eigenvalue weighted by Gasteiger charge is 2.20. The molecule has 3 aromatic carbocycles. The predicted octanol–water partition coefficient (Wildman–Crippen LogP) is 5.83. The van der Waals surface area contributed by atoms with Gasteiger partial charge < -0.3 is 10.1 Å². The van der Waals surface area contributed by atoms with Crippen LogP contribution in [0, 0.1) is 5.92 Å². The Labute approximate surface area is 212 Å². The summed E-state index contributed by atoms with van der Waals surface area (Å²) in [7, 11) is -1.91. The topological polar surface area (TPSA) is 75.7 Å². The van der Waals surface area contributed by atoms with Crippen LogP contribution < -0.4 is 14.4 Å². The lowest BCUT2D eigenvalue weighted by Gasteiger charge is -2.23. The number of amides is 1. The Morgan fingerprint density at radius 3 is 2.23 bits per heavy atom. The van der Waals surface area contributed by atoms with E-state index in [2.05, 4.69) is 19.2 Å². The van der Waals surface area contributed by atoms with Crippen LogP contribution >= 0.6 is 11.6 Å². The van der Waals surface area contributed by atoms with Crippen molar-refractivity contribution in [2.45, 2.75) is 32.9 Å². The molecule has 0 saturated carbocycles. The first kappa shape index (κ1) is 26.6. The summed E-state index contributed by atoms with van der Waals surface area (Å²) in [6, 6.07) is 21.2. The molecule has 0 unspecified atom stereocenters. The molecule has 8 heteroatoms. The first-order chi connectivity index (χ1) is 16.6. The van der Waals surface area contributed by atoms with Crippen LogP contribution in [-0.2, 0) is 16.6 Å². The number of carbonyl (C=O) groups excluding carboxylic acids is 1. The lowest BCUT2D eigenvalue weighted by atomic mass is 9.96. The summed E-state index contributed by atoms with van der Waals surface area (Å²) in [5.74, 6) is 0.964. The minimum atomic E-state index is -3.54. The van der Waals surface area contributed by atoms with Crippen molar-refractivity contribution in [3.05, 3.63) is 94.5 Å². The molecule has 0 radical (unpaired) electrons. The maximum absolute atomic E-state index is 13.0. The summed E-state index contributed by atoms with van der Waals surface area (Å²) < 4.78 is 31.4. The Morgan fingerprint density at radius 2 is 1.69 bits per heavy atom. The summed E-state index contributed by atoms with van der Waals surface area (Å²) >= 11 is 6.06. The first-order valence-corrected chi connectivity index (χ1v) is 13.6. The minimum absolute atomic E-state index is 0.128. The summed E-state index contributed by atoms with van der Waals surface area (Å²) in [5.41, 5.74) is 2.75. The van der Waals surface area contributed by atoms with Gasteiger partial charge in [-0.2, -0.15) is 0 Å². The van der Waals surface area contributed by atoms with Gasteiger partial charge in [0, 0.05) is 10.6 Å².